The molecule has 0 bridgehead atoms. The van der Waals surface area contributed by atoms with Crippen molar-refractivity contribution in [3.8, 4) is 0 Å². The number of hydrogen-bond acceptors (Lipinski definition) is 5. The molecule has 3 aliphatic heterocycles. The Morgan fingerprint density at radius 2 is 2.05 bits per heavy atom. The zero-order valence-electron chi connectivity index (χ0n) is 22.0. The number of aliphatic hydroxyl groups is 1. The fraction of sp³-hybridized carbons (Fsp3) is 0.300. The van der Waals surface area contributed by atoms with E-state index in [1.165, 1.54) is 6.07 Å². The van der Waals surface area contributed by atoms with Gasteiger partial charge in [-0.05, 0) is 42.4 Å². The number of carbonyl (C=O) groups is 2. The molecule has 2 amide bonds. The standard InChI is InChI=1S/C30H26Cl2FN5O3/c1-2-37-24-14-23-17-8-6-15(28(40)34-10-11-39)12-21(17)36-38(23)27(24)25(18-4-3-5-20(32)26(18)33)30(37)19-9-7-16(31)13-22(19)35-29(30)41/h3-9,12-13,24-25,27,39H,2,10-11,14H2,1H3,(H,34,40)(H,35,41)/t24-,25-,27+,30+/m0/s1. The van der Waals surface area contributed by atoms with Gasteiger partial charge in [0.25, 0.3) is 5.91 Å². The first kappa shape index (κ1) is 26.4. The number of nitrogens with zero attached hydrogens (tertiary/aromatic N) is 3. The van der Waals surface area contributed by atoms with E-state index in [0.717, 1.165) is 16.6 Å². The van der Waals surface area contributed by atoms with E-state index < -0.39 is 23.3 Å². The molecule has 0 saturated carbocycles. The number of carbonyl (C=O) groups excluding carboxylic acids is 2. The highest BCUT2D eigenvalue weighted by Crippen LogP contribution is 2.63. The molecule has 1 aromatic heterocycles. The maximum Gasteiger partial charge on any atom is 0.251 e. The summed E-state index contributed by atoms with van der Waals surface area (Å²) in [7, 11) is 0. The Morgan fingerprint density at radius 1 is 1.22 bits per heavy atom. The number of fused-ring (bicyclic) bond motifs is 7. The van der Waals surface area contributed by atoms with Crippen molar-refractivity contribution in [2.45, 2.75) is 36.9 Å². The van der Waals surface area contributed by atoms with Crippen LogP contribution in [0.15, 0.2) is 54.6 Å². The zero-order chi connectivity index (χ0) is 28.6. The Balaban J connectivity index is 1.45. The van der Waals surface area contributed by atoms with Gasteiger partial charge in [0, 0.05) is 57.8 Å². The van der Waals surface area contributed by atoms with Crippen molar-refractivity contribution in [3.63, 3.8) is 0 Å². The van der Waals surface area contributed by atoms with Crippen molar-refractivity contribution in [1.29, 1.82) is 0 Å². The highest BCUT2D eigenvalue weighted by atomic mass is 35.5. The number of benzene rings is 3. The third kappa shape index (κ3) is 3.56. The minimum absolute atomic E-state index is 0.0127. The maximum absolute atomic E-state index is 16.0. The number of halogens is 3. The van der Waals surface area contributed by atoms with Gasteiger partial charge < -0.3 is 15.7 Å². The topological polar surface area (TPSA) is 99.5 Å². The number of anilines is 1. The smallest absolute Gasteiger partial charge is 0.251 e. The maximum atomic E-state index is 16.0. The Kier molecular flexibility index (Phi) is 6.13. The summed E-state index contributed by atoms with van der Waals surface area (Å²) in [5.74, 6) is -1.77. The predicted octanol–water partition coefficient (Wildman–Crippen LogP) is 4.64. The second-order valence-electron chi connectivity index (χ2n) is 10.7. The van der Waals surface area contributed by atoms with Crippen LogP contribution >= 0.6 is 23.2 Å². The zero-order valence-corrected chi connectivity index (χ0v) is 23.5. The van der Waals surface area contributed by atoms with Crippen LogP contribution in [0, 0.1) is 5.82 Å². The molecule has 1 fully saturated rings. The molecular weight excluding hydrogens is 568 g/mol. The molecule has 11 heteroatoms. The average molecular weight is 594 g/mol. The average Bonchev–Trinajstić information content (AvgIpc) is 3.65. The molecule has 41 heavy (non-hydrogen) atoms. The van der Waals surface area contributed by atoms with Crippen LogP contribution in [0.2, 0.25) is 10.0 Å². The molecule has 4 atom stereocenters. The van der Waals surface area contributed by atoms with Gasteiger partial charge in [0.2, 0.25) is 5.91 Å². The third-order valence-electron chi connectivity index (χ3n) is 8.83. The number of rotatable bonds is 5. The highest BCUT2D eigenvalue weighted by molar-refractivity contribution is 6.31. The van der Waals surface area contributed by atoms with Crippen molar-refractivity contribution in [3.05, 3.63) is 92.8 Å². The fourth-order valence-electron chi connectivity index (χ4n) is 7.39. The van der Waals surface area contributed by atoms with Crippen molar-refractivity contribution in [2.24, 2.45) is 0 Å². The normalized spacial score (nSPS) is 24.5. The molecule has 7 rings (SSSR count). The van der Waals surface area contributed by atoms with E-state index >= 15 is 4.39 Å². The number of likely N-dealkylation sites (N-methyl/N-ethyl adjacent to an activating group) is 1. The summed E-state index contributed by atoms with van der Waals surface area (Å²) in [6.45, 7) is 2.53. The number of hydrogen-bond donors (Lipinski definition) is 3. The van der Waals surface area contributed by atoms with Gasteiger partial charge in [-0.3, -0.25) is 19.2 Å². The third-order valence-corrected chi connectivity index (χ3v) is 9.36. The minimum atomic E-state index is -1.22. The molecule has 0 aliphatic carbocycles. The van der Waals surface area contributed by atoms with Gasteiger partial charge in [-0.15, -0.1) is 0 Å². The van der Waals surface area contributed by atoms with Crippen molar-refractivity contribution in [2.75, 3.05) is 25.0 Å². The molecule has 4 aromatic rings. The summed E-state index contributed by atoms with van der Waals surface area (Å²) in [6, 6.07) is 15.0. The molecule has 3 aromatic carbocycles. The van der Waals surface area contributed by atoms with Crippen molar-refractivity contribution in [1.82, 2.24) is 20.0 Å². The van der Waals surface area contributed by atoms with Crippen LogP contribution in [0.25, 0.3) is 10.9 Å². The largest absolute Gasteiger partial charge is 0.395 e. The molecule has 8 nitrogen and oxygen atoms in total. The summed E-state index contributed by atoms with van der Waals surface area (Å²) in [5, 5.41) is 21.1. The number of aromatic nitrogens is 2. The van der Waals surface area contributed by atoms with Crippen molar-refractivity contribution < 1.29 is 19.1 Å². The summed E-state index contributed by atoms with van der Waals surface area (Å²) in [5.41, 5.74) is 2.50. The lowest BCUT2D eigenvalue weighted by molar-refractivity contribution is -0.127. The van der Waals surface area contributed by atoms with E-state index in [1.807, 2.05) is 23.7 Å². The van der Waals surface area contributed by atoms with E-state index in [1.54, 1.807) is 36.4 Å². The first-order chi connectivity index (χ1) is 19.8. The summed E-state index contributed by atoms with van der Waals surface area (Å²) in [6.07, 6.45) is 0.585. The predicted molar refractivity (Wildman–Crippen MR) is 154 cm³/mol. The Morgan fingerprint density at radius 3 is 2.83 bits per heavy atom. The van der Waals surface area contributed by atoms with Crippen LogP contribution in [0.1, 0.15) is 46.1 Å². The quantitative estimate of drug-likeness (QED) is 0.313. The van der Waals surface area contributed by atoms with Crippen LogP contribution in [-0.4, -0.2) is 57.3 Å². The summed E-state index contributed by atoms with van der Waals surface area (Å²) < 4.78 is 17.9. The second-order valence-corrected chi connectivity index (χ2v) is 11.5. The molecule has 1 spiro atoms. The van der Waals surface area contributed by atoms with Gasteiger partial charge in [0.15, 0.2) is 0 Å². The van der Waals surface area contributed by atoms with E-state index in [9.17, 15) is 9.59 Å². The summed E-state index contributed by atoms with van der Waals surface area (Å²) >= 11 is 12.6. The molecule has 0 radical (unpaired) electrons. The fourth-order valence-corrected chi connectivity index (χ4v) is 7.74. The van der Waals surface area contributed by atoms with Gasteiger partial charge in [-0.2, -0.15) is 5.10 Å². The first-order valence-electron chi connectivity index (χ1n) is 13.5. The van der Waals surface area contributed by atoms with E-state index in [-0.39, 0.29) is 36.0 Å². The highest BCUT2D eigenvalue weighted by Gasteiger charge is 2.69. The monoisotopic (exact) mass is 593 g/mol. The molecular formula is C30H26Cl2FN5O3. The van der Waals surface area contributed by atoms with E-state index in [0.29, 0.717) is 40.3 Å². The number of aliphatic hydroxyl groups excluding tert-OH is 1. The van der Waals surface area contributed by atoms with Gasteiger partial charge in [0.1, 0.15) is 11.4 Å². The Hall–Kier alpha value is -3.50. The van der Waals surface area contributed by atoms with Gasteiger partial charge >= 0.3 is 0 Å². The van der Waals surface area contributed by atoms with E-state index in [4.69, 9.17) is 33.4 Å². The van der Waals surface area contributed by atoms with Crippen LogP contribution in [-0.2, 0) is 16.8 Å². The Labute approximate surface area is 245 Å². The number of nitrogens with one attached hydrogen (secondary N) is 2. The number of amides is 2. The van der Waals surface area contributed by atoms with Gasteiger partial charge in [-0.1, -0.05) is 54.4 Å². The molecule has 0 unspecified atom stereocenters. The molecule has 3 aliphatic rings. The van der Waals surface area contributed by atoms with Gasteiger partial charge in [0.05, 0.1) is 23.2 Å². The van der Waals surface area contributed by atoms with Crippen molar-refractivity contribution >= 4 is 51.6 Å². The minimum Gasteiger partial charge on any atom is -0.395 e. The second kappa shape index (κ2) is 9.52. The molecule has 4 heterocycles. The van der Waals surface area contributed by atoms with Crippen LogP contribution in [0.5, 0.6) is 0 Å². The molecule has 210 valence electrons. The van der Waals surface area contributed by atoms with Crippen LogP contribution in [0.3, 0.4) is 0 Å². The van der Waals surface area contributed by atoms with E-state index in [2.05, 4.69) is 15.5 Å². The first-order valence-corrected chi connectivity index (χ1v) is 14.3. The van der Waals surface area contributed by atoms with Crippen LogP contribution < -0.4 is 10.6 Å². The van der Waals surface area contributed by atoms with Gasteiger partial charge in [-0.25, -0.2) is 4.39 Å². The summed E-state index contributed by atoms with van der Waals surface area (Å²) in [4.78, 5) is 28.9. The SMILES string of the molecule is CCN1[C@H]2Cc3c4ccc(C(=O)NCCO)cc4nn3[C@H]2[C@H](c2cccc(Cl)c2F)[C@]12C(=O)Nc1cc(Cl)ccc12. The lowest BCUT2D eigenvalue weighted by atomic mass is 9.73. The number of likely N-dealkylation sites (tertiary alicyclic amines) is 1. The van der Waals surface area contributed by atoms with Crippen LogP contribution in [0.4, 0.5) is 10.1 Å². The molecule has 3 N–H and O–H groups in total. The lowest BCUT2D eigenvalue weighted by Gasteiger charge is -2.39. The Bertz CT molecular complexity index is 1760. The lowest BCUT2D eigenvalue weighted by Crippen LogP contribution is -2.52. The molecule has 1 saturated heterocycles.